The van der Waals surface area contributed by atoms with Crippen molar-refractivity contribution >= 4 is 0 Å². The zero-order chi connectivity index (χ0) is 14.9. The normalized spacial score (nSPS) is 14.6. The van der Waals surface area contributed by atoms with Gasteiger partial charge in [-0.2, -0.15) is 0 Å². The Morgan fingerprint density at radius 2 is 0.571 bits per heavy atom. The van der Waals surface area contributed by atoms with Gasteiger partial charge in [0.2, 0.25) is 0 Å². The molecule has 0 aliphatic heterocycles. The van der Waals surface area contributed by atoms with Gasteiger partial charge in [0.15, 0.2) is 0 Å². The van der Waals surface area contributed by atoms with E-state index in [0.29, 0.717) is 39.6 Å². The second kappa shape index (κ2) is 13.0. The summed E-state index contributed by atoms with van der Waals surface area (Å²) in [4.78, 5) is 0. The molecule has 0 saturated carbocycles. The predicted octanol–water partition coefficient (Wildman–Crippen LogP) is -3.07. The fourth-order valence-electron chi connectivity index (χ4n) is 2.39. The first-order valence-corrected chi connectivity index (χ1v) is 11.0. The first kappa shape index (κ1) is 29.5. The van der Waals surface area contributed by atoms with Crippen molar-refractivity contribution in [3.63, 3.8) is 0 Å². The van der Waals surface area contributed by atoms with Gasteiger partial charge in [-0.1, -0.05) is 0 Å². The number of hydrogen-bond acceptors (Lipinski definition) is 6. The SMILES string of the molecule is CC[O][Ti-2]([O]CC)([O]CC)([O]CC)([O]CC)[O]CC.[K+].[K+]. The zero-order valence-corrected chi connectivity index (χ0v) is 23.0. The van der Waals surface area contributed by atoms with Gasteiger partial charge in [0.25, 0.3) is 0 Å². The summed E-state index contributed by atoms with van der Waals surface area (Å²) in [5.41, 5.74) is 0. The molecule has 0 aromatic rings. The van der Waals surface area contributed by atoms with E-state index in [2.05, 4.69) is 0 Å². The van der Waals surface area contributed by atoms with Crippen LogP contribution in [0.2, 0.25) is 0 Å². The van der Waals surface area contributed by atoms with Crippen LogP contribution in [0, 0.1) is 0 Å². The Kier molecular flexibility index (Phi) is 18.3. The van der Waals surface area contributed by atoms with Crippen LogP contribution in [0.4, 0.5) is 0 Å². The molecule has 0 fully saturated rings. The molecule has 9 heteroatoms. The van der Waals surface area contributed by atoms with Gasteiger partial charge < -0.3 is 0 Å². The summed E-state index contributed by atoms with van der Waals surface area (Å²) in [5.74, 6) is 0. The maximum absolute atomic E-state index is 5.88. The van der Waals surface area contributed by atoms with E-state index in [4.69, 9.17) is 19.9 Å². The van der Waals surface area contributed by atoms with E-state index in [1.807, 2.05) is 41.5 Å². The van der Waals surface area contributed by atoms with Crippen LogP contribution >= 0.6 is 0 Å². The van der Waals surface area contributed by atoms with Gasteiger partial charge in [-0.3, -0.25) is 0 Å². The molecule has 0 aliphatic carbocycles. The number of hydrogen-bond donors (Lipinski definition) is 0. The van der Waals surface area contributed by atoms with Crippen LogP contribution in [0.25, 0.3) is 0 Å². The molecule has 0 amide bonds. The van der Waals surface area contributed by atoms with E-state index in [0.717, 1.165) is 0 Å². The van der Waals surface area contributed by atoms with Crippen molar-refractivity contribution in [3.05, 3.63) is 0 Å². The fourth-order valence-corrected chi connectivity index (χ4v) is 9.87. The summed E-state index contributed by atoms with van der Waals surface area (Å²) in [7, 11) is 0. The average molecular weight is 396 g/mol. The molecule has 0 aliphatic rings. The van der Waals surface area contributed by atoms with E-state index >= 15 is 0 Å². The summed E-state index contributed by atoms with van der Waals surface area (Å²) in [6, 6.07) is 0. The topological polar surface area (TPSA) is 55.4 Å². The Bertz CT molecular complexity index is 199. The summed E-state index contributed by atoms with van der Waals surface area (Å²) < 4.78 is 35.3. The summed E-state index contributed by atoms with van der Waals surface area (Å²) in [6.45, 7) is 12.9. The third-order valence-corrected chi connectivity index (χ3v) is 10.9. The first-order valence-electron chi connectivity index (χ1n) is 7.20. The minimum absolute atomic E-state index is 0. The van der Waals surface area contributed by atoms with Crippen LogP contribution in [0.5, 0.6) is 0 Å². The predicted molar refractivity (Wildman–Crippen MR) is 69.8 cm³/mol. The molecule has 0 aromatic carbocycles. The Morgan fingerprint density at radius 1 is 0.429 bits per heavy atom. The van der Waals surface area contributed by atoms with Crippen LogP contribution in [-0.4, -0.2) is 39.6 Å². The van der Waals surface area contributed by atoms with Crippen molar-refractivity contribution < 1.29 is 139 Å². The minimum atomic E-state index is -5.82. The van der Waals surface area contributed by atoms with Crippen LogP contribution < -0.4 is 103 Å². The third kappa shape index (κ3) is 7.11. The van der Waals surface area contributed by atoms with Crippen molar-refractivity contribution in [1.29, 1.82) is 0 Å². The second-order valence-corrected chi connectivity index (χ2v) is 10.5. The Labute approximate surface area is 215 Å². The molecule has 0 radical (unpaired) electrons. The Morgan fingerprint density at radius 3 is 0.667 bits per heavy atom. The summed E-state index contributed by atoms with van der Waals surface area (Å²) in [6.07, 6.45) is 0. The van der Waals surface area contributed by atoms with Gasteiger partial charge in [0.1, 0.15) is 0 Å². The molecule has 0 rings (SSSR count). The van der Waals surface area contributed by atoms with Crippen molar-refractivity contribution in [2.24, 2.45) is 0 Å². The molecule has 0 bridgehead atoms. The molecule has 120 valence electrons. The van der Waals surface area contributed by atoms with Gasteiger partial charge in [-0.15, -0.1) is 0 Å². The smallest absolute Gasteiger partial charge is 1.00 e. The van der Waals surface area contributed by atoms with Gasteiger partial charge in [0.05, 0.1) is 0 Å². The van der Waals surface area contributed by atoms with Crippen molar-refractivity contribution in [3.8, 4) is 0 Å². The molecule has 21 heavy (non-hydrogen) atoms. The molecule has 0 spiro atoms. The fraction of sp³-hybridized carbons (Fsp3) is 1.00. The van der Waals surface area contributed by atoms with Gasteiger partial charge in [-0.05, 0) is 0 Å². The standard InChI is InChI=1S/6C2H5O.2K.Ti/c6*1-2-3;;;/h6*2H2,1H3;;;/q6*-1;2*+1;+4. The van der Waals surface area contributed by atoms with E-state index in [1.54, 1.807) is 0 Å². The largest absolute Gasteiger partial charge is 1.00 e. The zero-order valence-electron chi connectivity index (χ0n) is 15.2. The molecule has 0 N–H and O–H groups in total. The van der Waals surface area contributed by atoms with E-state index < -0.39 is 16.4 Å². The van der Waals surface area contributed by atoms with Crippen molar-refractivity contribution in [2.75, 3.05) is 39.6 Å². The van der Waals surface area contributed by atoms with Crippen molar-refractivity contribution in [2.45, 2.75) is 41.5 Å². The molecule has 6 nitrogen and oxygen atoms in total. The first-order chi connectivity index (χ1) is 8.97. The molecule has 0 aromatic heterocycles. The second-order valence-electron chi connectivity index (χ2n) is 3.85. The van der Waals surface area contributed by atoms with Crippen LogP contribution in [0.3, 0.4) is 0 Å². The van der Waals surface area contributed by atoms with Gasteiger partial charge in [-0.25, -0.2) is 0 Å². The minimum Gasteiger partial charge on any atom is 1.00 e. The maximum Gasteiger partial charge on any atom is 1.00 e. The monoisotopic (exact) mass is 396 g/mol. The van der Waals surface area contributed by atoms with Crippen LogP contribution in [0.15, 0.2) is 0 Å². The Hall–Kier alpha value is 3.75. The summed E-state index contributed by atoms with van der Waals surface area (Å²) >= 11 is -5.82. The van der Waals surface area contributed by atoms with Crippen LogP contribution in [0.1, 0.15) is 41.5 Å². The molecule has 0 atom stereocenters. The molecule has 0 saturated heterocycles. The molecule has 0 heterocycles. The summed E-state index contributed by atoms with van der Waals surface area (Å²) in [5, 5.41) is 0. The van der Waals surface area contributed by atoms with Crippen molar-refractivity contribution in [1.82, 2.24) is 0 Å². The molecular weight excluding hydrogens is 366 g/mol. The van der Waals surface area contributed by atoms with Gasteiger partial charge >= 0.3 is 220 Å². The third-order valence-electron chi connectivity index (χ3n) is 2.63. The number of rotatable bonds is 12. The quantitative estimate of drug-likeness (QED) is 0.327. The van der Waals surface area contributed by atoms with E-state index in [-0.39, 0.29) is 103 Å². The van der Waals surface area contributed by atoms with E-state index in [9.17, 15) is 0 Å². The van der Waals surface area contributed by atoms with E-state index in [1.165, 1.54) is 0 Å². The molecular formula is C12H30K2O6Ti. The average Bonchev–Trinajstić information content (AvgIpc) is 2.31. The van der Waals surface area contributed by atoms with Gasteiger partial charge in [0, 0.05) is 0 Å². The molecule has 0 unspecified atom stereocenters. The van der Waals surface area contributed by atoms with Crippen LogP contribution in [-0.2, 0) is 36.3 Å². The Balaban J connectivity index is -0.00000162. The maximum atomic E-state index is 5.88.